The van der Waals surface area contributed by atoms with E-state index in [1.807, 2.05) is 6.92 Å². The lowest BCUT2D eigenvalue weighted by molar-refractivity contribution is -0.125. The summed E-state index contributed by atoms with van der Waals surface area (Å²) in [6.45, 7) is 3.04. The van der Waals surface area contributed by atoms with Crippen molar-refractivity contribution in [3.05, 3.63) is 17.0 Å². The SMILES string of the molecule is CCc1noc(C)c1C(=O)OCC(=O)NC1(C#N)CCCC1. The molecule has 0 bridgehead atoms. The summed E-state index contributed by atoms with van der Waals surface area (Å²) in [6.07, 6.45) is 3.62. The van der Waals surface area contributed by atoms with E-state index >= 15 is 0 Å². The van der Waals surface area contributed by atoms with Crippen LogP contribution in [0.2, 0.25) is 0 Å². The number of hydrogen-bond donors (Lipinski definition) is 1. The van der Waals surface area contributed by atoms with Crippen LogP contribution in [0.4, 0.5) is 0 Å². The predicted octanol–water partition coefficient (Wildman–Crippen LogP) is 1.65. The average Bonchev–Trinajstić information content (AvgIpc) is 3.12. The Labute approximate surface area is 128 Å². The molecule has 1 aliphatic carbocycles. The number of nitriles is 1. The van der Waals surface area contributed by atoms with Gasteiger partial charge in [0.15, 0.2) is 6.61 Å². The van der Waals surface area contributed by atoms with Crippen molar-refractivity contribution in [1.82, 2.24) is 10.5 Å². The third kappa shape index (κ3) is 3.27. The highest BCUT2D eigenvalue weighted by Crippen LogP contribution is 2.28. The van der Waals surface area contributed by atoms with Crippen molar-refractivity contribution in [1.29, 1.82) is 5.26 Å². The first-order valence-corrected chi connectivity index (χ1v) is 7.36. The standard InChI is InChI=1S/C15H19N3O4/c1-3-11-13(10(2)22-18-11)14(20)21-8-12(19)17-15(9-16)6-4-5-7-15/h3-8H2,1-2H3,(H,17,19). The van der Waals surface area contributed by atoms with Crippen molar-refractivity contribution >= 4 is 11.9 Å². The highest BCUT2D eigenvalue weighted by molar-refractivity contribution is 5.93. The number of amides is 1. The largest absolute Gasteiger partial charge is 0.452 e. The van der Waals surface area contributed by atoms with Crippen LogP contribution in [0.3, 0.4) is 0 Å². The van der Waals surface area contributed by atoms with Crippen LogP contribution in [0.1, 0.15) is 54.4 Å². The van der Waals surface area contributed by atoms with E-state index in [-0.39, 0.29) is 5.56 Å². The summed E-state index contributed by atoms with van der Waals surface area (Å²) in [5, 5.41) is 15.6. The van der Waals surface area contributed by atoms with Gasteiger partial charge in [-0.3, -0.25) is 4.79 Å². The third-order valence-electron chi connectivity index (χ3n) is 3.86. The van der Waals surface area contributed by atoms with E-state index in [1.54, 1.807) is 6.92 Å². The van der Waals surface area contributed by atoms with Gasteiger partial charge < -0.3 is 14.6 Å². The summed E-state index contributed by atoms with van der Waals surface area (Å²) in [6, 6.07) is 2.15. The molecule has 0 spiro atoms. The van der Waals surface area contributed by atoms with Crippen molar-refractivity contribution in [2.24, 2.45) is 0 Å². The van der Waals surface area contributed by atoms with E-state index in [0.29, 0.717) is 30.7 Å². The molecule has 0 atom stereocenters. The minimum atomic E-state index is -0.814. The fraction of sp³-hybridized carbons (Fsp3) is 0.600. The molecule has 1 amide bonds. The number of aryl methyl sites for hydroxylation is 2. The molecule has 2 rings (SSSR count). The maximum absolute atomic E-state index is 12.0. The van der Waals surface area contributed by atoms with E-state index in [4.69, 9.17) is 9.26 Å². The van der Waals surface area contributed by atoms with Gasteiger partial charge in [-0.2, -0.15) is 5.26 Å². The second-order valence-electron chi connectivity index (χ2n) is 5.44. The maximum atomic E-state index is 12.0. The molecule has 0 unspecified atom stereocenters. The van der Waals surface area contributed by atoms with Gasteiger partial charge in [0.1, 0.15) is 16.9 Å². The Bertz CT molecular complexity index is 609. The number of rotatable bonds is 5. The van der Waals surface area contributed by atoms with E-state index in [0.717, 1.165) is 12.8 Å². The number of nitrogens with one attached hydrogen (secondary N) is 1. The molecule has 1 heterocycles. The Morgan fingerprint density at radius 2 is 2.14 bits per heavy atom. The molecule has 1 aromatic heterocycles. The molecule has 1 saturated carbocycles. The Kier molecular flexibility index (Phi) is 4.81. The summed E-state index contributed by atoms with van der Waals surface area (Å²) < 4.78 is 9.97. The number of aromatic nitrogens is 1. The van der Waals surface area contributed by atoms with Gasteiger partial charge in [-0.1, -0.05) is 12.1 Å². The van der Waals surface area contributed by atoms with Crippen molar-refractivity contribution in [3.8, 4) is 6.07 Å². The Hall–Kier alpha value is -2.36. The van der Waals surface area contributed by atoms with Crippen LogP contribution in [0.25, 0.3) is 0 Å². The van der Waals surface area contributed by atoms with Crippen LogP contribution in [0.5, 0.6) is 0 Å². The lowest BCUT2D eigenvalue weighted by Gasteiger charge is -2.21. The second kappa shape index (κ2) is 6.60. The van der Waals surface area contributed by atoms with Crippen LogP contribution in [0.15, 0.2) is 4.52 Å². The molecule has 1 fully saturated rings. The first kappa shape index (κ1) is 16.0. The quantitative estimate of drug-likeness (QED) is 0.829. The summed E-state index contributed by atoms with van der Waals surface area (Å²) in [5.41, 5.74) is -0.0380. The second-order valence-corrected chi connectivity index (χ2v) is 5.44. The first-order valence-electron chi connectivity index (χ1n) is 7.36. The van der Waals surface area contributed by atoms with Gasteiger partial charge in [-0.15, -0.1) is 0 Å². The number of carbonyl (C=O) groups is 2. The summed E-state index contributed by atoms with van der Waals surface area (Å²) in [4.78, 5) is 23.9. The lowest BCUT2D eigenvalue weighted by atomic mass is 10.00. The van der Waals surface area contributed by atoms with Gasteiger partial charge in [-0.05, 0) is 39.0 Å². The molecule has 0 aliphatic heterocycles. The molecule has 0 saturated heterocycles. The normalized spacial score (nSPS) is 16.0. The molecule has 1 aromatic rings. The minimum absolute atomic E-state index is 0.270. The Balaban J connectivity index is 1.92. The molecular weight excluding hydrogens is 286 g/mol. The smallest absolute Gasteiger partial charge is 0.344 e. The van der Waals surface area contributed by atoms with Crippen molar-refractivity contribution in [2.75, 3.05) is 6.61 Å². The zero-order valence-electron chi connectivity index (χ0n) is 12.8. The lowest BCUT2D eigenvalue weighted by Crippen LogP contribution is -2.46. The molecule has 0 radical (unpaired) electrons. The molecule has 118 valence electrons. The number of carbonyl (C=O) groups excluding carboxylic acids is 2. The van der Waals surface area contributed by atoms with Gasteiger partial charge in [0.05, 0.1) is 11.8 Å². The molecule has 7 nitrogen and oxygen atoms in total. The molecule has 7 heteroatoms. The Morgan fingerprint density at radius 1 is 1.45 bits per heavy atom. The first-order chi connectivity index (χ1) is 10.5. The topological polar surface area (TPSA) is 105 Å². The number of hydrogen-bond acceptors (Lipinski definition) is 6. The third-order valence-corrected chi connectivity index (χ3v) is 3.86. The van der Waals surface area contributed by atoms with Crippen molar-refractivity contribution in [2.45, 2.75) is 51.5 Å². The Morgan fingerprint density at radius 3 is 2.73 bits per heavy atom. The van der Waals surface area contributed by atoms with E-state index in [2.05, 4.69) is 16.5 Å². The molecule has 1 aliphatic rings. The highest BCUT2D eigenvalue weighted by atomic mass is 16.5. The van der Waals surface area contributed by atoms with Crippen LogP contribution in [-0.4, -0.2) is 29.2 Å². The molecular formula is C15H19N3O4. The zero-order chi connectivity index (χ0) is 16.2. The van der Waals surface area contributed by atoms with Gasteiger partial charge in [0.2, 0.25) is 0 Å². The number of nitrogens with zero attached hydrogens (tertiary/aromatic N) is 2. The van der Waals surface area contributed by atoms with Crippen LogP contribution in [-0.2, 0) is 16.0 Å². The van der Waals surface area contributed by atoms with Crippen LogP contribution < -0.4 is 5.32 Å². The van der Waals surface area contributed by atoms with E-state index in [9.17, 15) is 14.9 Å². The fourth-order valence-electron chi connectivity index (χ4n) is 2.67. The monoisotopic (exact) mass is 305 g/mol. The zero-order valence-corrected chi connectivity index (χ0v) is 12.8. The summed E-state index contributed by atoms with van der Waals surface area (Å²) in [7, 11) is 0. The van der Waals surface area contributed by atoms with Gasteiger partial charge in [-0.25, -0.2) is 4.79 Å². The summed E-state index contributed by atoms with van der Waals surface area (Å²) in [5.74, 6) is -0.737. The van der Waals surface area contributed by atoms with E-state index < -0.39 is 24.0 Å². The van der Waals surface area contributed by atoms with Gasteiger partial charge >= 0.3 is 5.97 Å². The van der Waals surface area contributed by atoms with Gasteiger partial charge in [0, 0.05) is 0 Å². The van der Waals surface area contributed by atoms with Crippen molar-refractivity contribution in [3.63, 3.8) is 0 Å². The summed E-state index contributed by atoms with van der Waals surface area (Å²) >= 11 is 0. The van der Waals surface area contributed by atoms with E-state index in [1.165, 1.54) is 0 Å². The number of esters is 1. The number of ether oxygens (including phenoxy) is 1. The van der Waals surface area contributed by atoms with Gasteiger partial charge in [0.25, 0.3) is 5.91 Å². The predicted molar refractivity (Wildman–Crippen MR) is 75.9 cm³/mol. The molecule has 0 aromatic carbocycles. The average molecular weight is 305 g/mol. The fourth-order valence-corrected chi connectivity index (χ4v) is 2.67. The van der Waals surface area contributed by atoms with Crippen LogP contribution in [0, 0.1) is 18.3 Å². The van der Waals surface area contributed by atoms with Crippen molar-refractivity contribution < 1.29 is 18.8 Å². The molecule has 1 N–H and O–H groups in total. The molecule has 22 heavy (non-hydrogen) atoms. The maximum Gasteiger partial charge on any atom is 0.344 e. The highest BCUT2D eigenvalue weighted by Gasteiger charge is 2.35. The minimum Gasteiger partial charge on any atom is -0.452 e. The van der Waals surface area contributed by atoms with Crippen LogP contribution >= 0.6 is 0 Å².